The Hall–Kier alpha value is -2.14. The molecule has 2 aromatic rings. The Kier molecular flexibility index (Phi) is 7.60. The normalized spacial score (nSPS) is 14.0. The van der Waals surface area contributed by atoms with E-state index in [1.54, 1.807) is 4.90 Å². The summed E-state index contributed by atoms with van der Waals surface area (Å²) in [5, 5.41) is 0. The number of anilines is 1. The number of benzene rings is 2. The summed E-state index contributed by atoms with van der Waals surface area (Å²) in [5.41, 5.74) is 7.49. The fourth-order valence-electron chi connectivity index (χ4n) is 3.64. The third-order valence-electron chi connectivity index (χ3n) is 5.14. The molecule has 6 heteroatoms. The van der Waals surface area contributed by atoms with E-state index in [0.29, 0.717) is 12.1 Å². The monoisotopic (exact) mass is 394 g/mol. The fraction of sp³-hybridized carbons (Fsp3) is 0.381. The number of para-hydroxylation sites is 1. The number of carbonyl (C=O) groups excluding carboxylic acids is 1. The first-order valence-electron chi connectivity index (χ1n) is 9.12. The summed E-state index contributed by atoms with van der Waals surface area (Å²) in [7, 11) is 0. The molecule has 0 saturated heterocycles. The maximum absolute atomic E-state index is 14.1. The van der Waals surface area contributed by atoms with E-state index in [1.807, 2.05) is 24.3 Å². The minimum Gasteiger partial charge on any atom is -0.399 e. The maximum atomic E-state index is 14.1. The van der Waals surface area contributed by atoms with Gasteiger partial charge in [-0.25, -0.2) is 8.78 Å². The van der Waals surface area contributed by atoms with Crippen LogP contribution < -0.4 is 5.73 Å². The average molecular weight is 395 g/mol. The van der Waals surface area contributed by atoms with Gasteiger partial charge in [0.25, 0.3) is 0 Å². The highest BCUT2D eigenvalue weighted by molar-refractivity contribution is 5.85. The molecule has 1 amide bonds. The summed E-state index contributed by atoms with van der Waals surface area (Å²) >= 11 is 0. The molecule has 1 aliphatic carbocycles. The predicted molar refractivity (Wildman–Crippen MR) is 106 cm³/mol. The highest BCUT2D eigenvalue weighted by Crippen LogP contribution is 2.27. The summed E-state index contributed by atoms with van der Waals surface area (Å²) in [6, 6.07) is 11.3. The van der Waals surface area contributed by atoms with E-state index in [2.05, 4.69) is 0 Å². The van der Waals surface area contributed by atoms with Crippen LogP contribution in [0.25, 0.3) is 0 Å². The van der Waals surface area contributed by atoms with Gasteiger partial charge in [0.2, 0.25) is 5.91 Å². The van der Waals surface area contributed by atoms with Gasteiger partial charge in [0.1, 0.15) is 11.6 Å². The molecule has 0 aromatic heterocycles. The molecule has 3 rings (SSSR count). The van der Waals surface area contributed by atoms with Crippen molar-refractivity contribution >= 4 is 24.0 Å². The molecule has 0 unspecified atom stereocenters. The van der Waals surface area contributed by atoms with Gasteiger partial charge in [0.05, 0.1) is 6.54 Å². The van der Waals surface area contributed by atoms with Crippen molar-refractivity contribution in [3.8, 4) is 0 Å². The zero-order valence-electron chi connectivity index (χ0n) is 15.2. The Morgan fingerprint density at radius 3 is 2.30 bits per heavy atom. The fourth-order valence-corrected chi connectivity index (χ4v) is 3.64. The summed E-state index contributed by atoms with van der Waals surface area (Å²) in [6.45, 7) is -0.0215. The Morgan fingerprint density at radius 1 is 1.04 bits per heavy atom. The van der Waals surface area contributed by atoms with E-state index < -0.39 is 11.6 Å². The van der Waals surface area contributed by atoms with Crippen molar-refractivity contribution < 1.29 is 13.6 Å². The second kappa shape index (κ2) is 9.70. The number of hydrogen-bond acceptors (Lipinski definition) is 2. The SMILES string of the molecule is Cl.Nc1ccccc1CCC(=O)N(Cc1c(F)cccc1F)C1CCCC1. The average Bonchev–Trinajstić information content (AvgIpc) is 3.15. The molecule has 0 bridgehead atoms. The number of amides is 1. The molecule has 2 aromatic carbocycles. The molecule has 0 aliphatic heterocycles. The molecule has 1 saturated carbocycles. The van der Waals surface area contributed by atoms with Crippen LogP contribution in [-0.2, 0) is 17.8 Å². The molecular weight excluding hydrogens is 370 g/mol. The summed E-state index contributed by atoms with van der Waals surface area (Å²) < 4.78 is 28.1. The topological polar surface area (TPSA) is 46.3 Å². The van der Waals surface area contributed by atoms with E-state index in [-0.39, 0.29) is 42.9 Å². The summed E-state index contributed by atoms with van der Waals surface area (Å²) in [5.74, 6) is -1.29. The summed E-state index contributed by atoms with van der Waals surface area (Å²) in [6.07, 6.45) is 4.65. The highest BCUT2D eigenvalue weighted by atomic mass is 35.5. The van der Waals surface area contributed by atoms with E-state index in [1.165, 1.54) is 18.2 Å². The number of aryl methyl sites for hydroxylation is 1. The molecule has 146 valence electrons. The number of halogens is 3. The standard InChI is InChI=1S/C21H24F2N2O.ClH/c22-18-9-5-10-19(23)17(18)14-25(16-7-2-3-8-16)21(26)13-12-15-6-1-4-11-20(15)24;/h1,4-6,9-11,16H,2-3,7-8,12-14,24H2;1H. The lowest BCUT2D eigenvalue weighted by Crippen LogP contribution is -2.39. The van der Waals surface area contributed by atoms with Crippen LogP contribution >= 0.6 is 12.4 Å². The van der Waals surface area contributed by atoms with Gasteiger partial charge in [0.15, 0.2) is 0 Å². The third kappa shape index (κ3) is 5.19. The van der Waals surface area contributed by atoms with Gasteiger partial charge in [-0.1, -0.05) is 37.1 Å². The van der Waals surface area contributed by atoms with Crippen molar-refractivity contribution in [3.05, 3.63) is 65.2 Å². The molecular formula is C21H25ClF2N2O. The molecule has 2 N–H and O–H groups in total. The van der Waals surface area contributed by atoms with Crippen molar-refractivity contribution in [1.82, 2.24) is 4.90 Å². The first kappa shape index (κ1) is 21.2. The van der Waals surface area contributed by atoms with Gasteiger partial charge in [0, 0.05) is 23.7 Å². The summed E-state index contributed by atoms with van der Waals surface area (Å²) in [4.78, 5) is 14.5. The van der Waals surface area contributed by atoms with E-state index >= 15 is 0 Å². The molecule has 1 fully saturated rings. The smallest absolute Gasteiger partial charge is 0.223 e. The number of rotatable bonds is 6. The lowest BCUT2D eigenvalue weighted by Gasteiger charge is -2.29. The number of nitrogens with two attached hydrogens (primary N) is 1. The first-order valence-corrected chi connectivity index (χ1v) is 9.12. The van der Waals surface area contributed by atoms with Crippen LogP contribution in [-0.4, -0.2) is 16.8 Å². The maximum Gasteiger partial charge on any atom is 0.223 e. The van der Waals surface area contributed by atoms with Gasteiger partial charge in [-0.2, -0.15) is 0 Å². The molecule has 0 spiro atoms. The van der Waals surface area contributed by atoms with Crippen molar-refractivity contribution in [2.45, 2.75) is 51.1 Å². The minimum atomic E-state index is -0.604. The van der Waals surface area contributed by atoms with Crippen LogP contribution in [0.1, 0.15) is 43.2 Å². The minimum absolute atomic E-state index is 0. The Labute approximate surface area is 165 Å². The molecule has 0 radical (unpaired) electrons. The number of nitrogen functional groups attached to an aromatic ring is 1. The zero-order valence-corrected chi connectivity index (χ0v) is 16.0. The van der Waals surface area contributed by atoms with Crippen LogP contribution in [0.4, 0.5) is 14.5 Å². The van der Waals surface area contributed by atoms with Crippen LogP contribution in [0.3, 0.4) is 0 Å². The van der Waals surface area contributed by atoms with Gasteiger partial charge in [-0.05, 0) is 43.0 Å². The van der Waals surface area contributed by atoms with Crippen LogP contribution in [0.2, 0.25) is 0 Å². The third-order valence-corrected chi connectivity index (χ3v) is 5.14. The quantitative estimate of drug-likeness (QED) is 0.710. The van der Waals surface area contributed by atoms with Crippen molar-refractivity contribution in [1.29, 1.82) is 0 Å². The van der Waals surface area contributed by atoms with E-state index in [9.17, 15) is 13.6 Å². The first-order chi connectivity index (χ1) is 12.6. The van der Waals surface area contributed by atoms with Crippen molar-refractivity contribution in [2.75, 3.05) is 5.73 Å². The van der Waals surface area contributed by atoms with Gasteiger partial charge in [-0.15, -0.1) is 12.4 Å². The second-order valence-electron chi connectivity index (χ2n) is 6.86. The molecule has 1 aliphatic rings. The van der Waals surface area contributed by atoms with Gasteiger partial charge in [-0.3, -0.25) is 4.79 Å². The van der Waals surface area contributed by atoms with E-state index in [0.717, 1.165) is 31.2 Å². The van der Waals surface area contributed by atoms with Gasteiger partial charge < -0.3 is 10.6 Å². The molecule has 27 heavy (non-hydrogen) atoms. The second-order valence-corrected chi connectivity index (χ2v) is 6.86. The Morgan fingerprint density at radius 2 is 1.67 bits per heavy atom. The number of carbonyl (C=O) groups is 1. The van der Waals surface area contributed by atoms with Gasteiger partial charge >= 0.3 is 0 Å². The van der Waals surface area contributed by atoms with E-state index in [4.69, 9.17) is 5.73 Å². The lowest BCUT2D eigenvalue weighted by molar-refractivity contribution is -0.134. The zero-order chi connectivity index (χ0) is 18.5. The van der Waals surface area contributed by atoms with Crippen molar-refractivity contribution in [3.63, 3.8) is 0 Å². The number of nitrogens with zero attached hydrogens (tertiary/aromatic N) is 1. The van der Waals surface area contributed by atoms with Crippen LogP contribution in [0, 0.1) is 11.6 Å². The highest BCUT2D eigenvalue weighted by Gasteiger charge is 2.28. The number of hydrogen-bond donors (Lipinski definition) is 1. The van der Waals surface area contributed by atoms with Crippen molar-refractivity contribution in [2.24, 2.45) is 0 Å². The molecule has 0 atom stereocenters. The predicted octanol–water partition coefficient (Wildman–Crippen LogP) is 4.87. The molecule has 0 heterocycles. The lowest BCUT2D eigenvalue weighted by atomic mass is 10.1. The Bertz CT molecular complexity index is 758. The largest absolute Gasteiger partial charge is 0.399 e. The van der Waals surface area contributed by atoms with Crippen LogP contribution in [0.15, 0.2) is 42.5 Å². The Balaban J connectivity index is 0.00000261. The molecule has 3 nitrogen and oxygen atoms in total. The van der Waals surface area contributed by atoms with Crippen LogP contribution in [0.5, 0.6) is 0 Å².